The number of aromatic nitrogens is 3. The Morgan fingerprint density at radius 1 is 1.02 bits per heavy atom. The highest BCUT2D eigenvalue weighted by Crippen LogP contribution is 2.32. The first kappa shape index (κ1) is 35.4. The van der Waals surface area contributed by atoms with Gasteiger partial charge < -0.3 is 39.0 Å². The molecule has 4 bridgehead atoms. The molecular formula is C37H45N7O7. The second kappa shape index (κ2) is 15.7. The van der Waals surface area contributed by atoms with Gasteiger partial charge in [0.05, 0.1) is 30.4 Å². The maximum Gasteiger partial charge on any atom is 0.259 e. The summed E-state index contributed by atoms with van der Waals surface area (Å²) in [5, 5.41) is 10.0. The summed E-state index contributed by atoms with van der Waals surface area (Å²) in [5.74, 6) is 0.943. The number of hydrogen-bond acceptors (Lipinski definition) is 9. The average molecular weight is 700 g/mol. The van der Waals surface area contributed by atoms with Gasteiger partial charge in [0.25, 0.3) is 11.8 Å². The van der Waals surface area contributed by atoms with Gasteiger partial charge in [0, 0.05) is 38.2 Å². The number of methoxy groups -OCH3 is 1. The number of ether oxygens (including phenoxy) is 2. The van der Waals surface area contributed by atoms with E-state index in [4.69, 9.17) is 14.0 Å². The number of benzene rings is 2. The number of rotatable bonds is 5. The van der Waals surface area contributed by atoms with Crippen LogP contribution >= 0.6 is 0 Å². The lowest BCUT2D eigenvalue weighted by Crippen LogP contribution is -2.47. The summed E-state index contributed by atoms with van der Waals surface area (Å²) in [5.41, 5.74) is 3.07. The predicted molar refractivity (Wildman–Crippen MR) is 188 cm³/mol. The van der Waals surface area contributed by atoms with Crippen molar-refractivity contribution in [1.29, 1.82) is 0 Å². The highest BCUT2D eigenvalue weighted by molar-refractivity contribution is 5.96. The van der Waals surface area contributed by atoms with Crippen LogP contribution in [-0.2, 0) is 22.6 Å². The van der Waals surface area contributed by atoms with E-state index in [0.29, 0.717) is 91.8 Å². The van der Waals surface area contributed by atoms with Crippen molar-refractivity contribution in [3.63, 3.8) is 0 Å². The van der Waals surface area contributed by atoms with E-state index in [9.17, 15) is 19.2 Å². The maximum absolute atomic E-state index is 14.0. The van der Waals surface area contributed by atoms with Gasteiger partial charge in [-0.1, -0.05) is 24.2 Å². The van der Waals surface area contributed by atoms with Crippen molar-refractivity contribution in [2.45, 2.75) is 71.6 Å². The van der Waals surface area contributed by atoms with Gasteiger partial charge >= 0.3 is 0 Å². The molecule has 0 saturated carbocycles. The summed E-state index contributed by atoms with van der Waals surface area (Å²) in [6.45, 7) is 7.25. The topological polar surface area (TPSA) is 161 Å². The van der Waals surface area contributed by atoms with E-state index in [1.54, 1.807) is 34.9 Å². The number of hydrogen-bond donors (Lipinski definition) is 2. The Kier molecular flexibility index (Phi) is 10.9. The van der Waals surface area contributed by atoms with Crippen molar-refractivity contribution >= 4 is 34.7 Å². The zero-order valence-corrected chi connectivity index (χ0v) is 29.6. The van der Waals surface area contributed by atoms with E-state index >= 15 is 0 Å². The molecule has 270 valence electrons. The SMILES string of the molecule is CCc1noc(C)c1C(=O)N1CCCCNC(=O)[C@@H]2C[C@@H](CN2C(=O)Cn2c(C)nc3ccccc32)Oc2cc(ccc2OC)C(=O)NCCC1. The Bertz CT molecular complexity index is 1920. The van der Waals surface area contributed by atoms with Gasteiger partial charge in [0.2, 0.25) is 11.8 Å². The van der Waals surface area contributed by atoms with E-state index < -0.39 is 12.1 Å². The predicted octanol–water partition coefficient (Wildman–Crippen LogP) is 3.43. The van der Waals surface area contributed by atoms with Crippen LogP contribution in [0.1, 0.15) is 70.6 Å². The molecule has 1 saturated heterocycles. The lowest BCUT2D eigenvalue weighted by Gasteiger charge is -2.25. The van der Waals surface area contributed by atoms with Crippen molar-refractivity contribution in [2.75, 3.05) is 39.8 Å². The van der Waals surface area contributed by atoms with E-state index in [-0.39, 0.29) is 43.1 Å². The number of carbonyl (C=O) groups is 4. The molecule has 0 spiro atoms. The molecule has 6 rings (SSSR count). The number of imidazole rings is 1. The molecule has 2 aliphatic rings. The second-order valence-electron chi connectivity index (χ2n) is 13.0. The minimum Gasteiger partial charge on any atom is -0.493 e. The Labute approximate surface area is 296 Å². The van der Waals surface area contributed by atoms with Crippen LogP contribution in [0.15, 0.2) is 47.0 Å². The van der Waals surface area contributed by atoms with Crippen molar-refractivity contribution < 1.29 is 33.2 Å². The van der Waals surface area contributed by atoms with Gasteiger partial charge in [-0.25, -0.2) is 4.98 Å². The Balaban J connectivity index is 1.24. The van der Waals surface area contributed by atoms with Gasteiger partial charge in [-0.15, -0.1) is 0 Å². The quantitative estimate of drug-likeness (QED) is 0.318. The molecular weight excluding hydrogens is 654 g/mol. The number of nitrogens with zero attached hydrogens (tertiary/aromatic N) is 5. The number of amides is 4. The third kappa shape index (κ3) is 7.69. The van der Waals surface area contributed by atoms with Crippen molar-refractivity contribution in [2.24, 2.45) is 0 Å². The van der Waals surface area contributed by atoms with Gasteiger partial charge in [-0.3, -0.25) is 19.2 Å². The molecule has 2 N–H and O–H groups in total. The van der Waals surface area contributed by atoms with Gasteiger partial charge in [-0.05, 0) is 69.9 Å². The fourth-order valence-electron chi connectivity index (χ4n) is 6.86. The van der Waals surface area contributed by atoms with Crippen LogP contribution in [0, 0.1) is 13.8 Å². The fourth-order valence-corrected chi connectivity index (χ4v) is 6.86. The molecule has 2 aliphatic heterocycles. The van der Waals surface area contributed by atoms with Crippen molar-refractivity contribution in [3.05, 3.63) is 70.9 Å². The standard InChI is InChI=1S/C37H45N7O7/c1-5-27-34(23(2)51-41-27)37(48)42-17-9-8-15-39-36(47)30-20-26(50-32-19-25(13-14-31(32)49-4)35(46)38-16-10-18-42)21-44(30)33(45)22-43-24(3)40-28-11-6-7-12-29(28)43/h6-7,11-14,19,26,30H,5,8-10,15-18,20-22H2,1-4H3,(H,38,46)(H,39,47)/t26-,30-/m0/s1. The maximum atomic E-state index is 14.0. The molecule has 2 aromatic carbocycles. The number of nitrogens with one attached hydrogen (secondary N) is 2. The zero-order valence-electron chi connectivity index (χ0n) is 29.6. The number of likely N-dealkylation sites (tertiary alicyclic amines) is 1. The van der Waals surface area contributed by atoms with Gasteiger partial charge in [0.1, 0.15) is 35.8 Å². The largest absolute Gasteiger partial charge is 0.493 e. The molecule has 14 nitrogen and oxygen atoms in total. The fraction of sp³-hybridized carbons (Fsp3) is 0.459. The Hall–Kier alpha value is -5.40. The number of aryl methyl sites for hydroxylation is 3. The molecule has 0 aliphatic carbocycles. The van der Waals surface area contributed by atoms with Crippen LogP contribution in [0.4, 0.5) is 0 Å². The summed E-state index contributed by atoms with van der Waals surface area (Å²) in [4.78, 5) is 62.6. The summed E-state index contributed by atoms with van der Waals surface area (Å²) < 4.78 is 19.1. The van der Waals surface area contributed by atoms with Gasteiger partial charge in [0.15, 0.2) is 11.5 Å². The molecule has 1 fully saturated rings. The molecule has 14 heteroatoms. The van der Waals surface area contributed by atoms with Crippen LogP contribution in [-0.4, -0.2) is 100 Å². The first-order valence-electron chi connectivity index (χ1n) is 17.5. The van der Waals surface area contributed by atoms with E-state index in [1.807, 2.05) is 42.7 Å². The molecule has 4 heterocycles. The molecule has 4 amide bonds. The number of para-hydroxylation sites is 2. The summed E-state index contributed by atoms with van der Waals surface area (Å²) in [6, 6.07) is 11.8. The minimum atomic E-state index is -0.778. The van der Waals surface area contributed by atoms with Crippen LogP contribution < -0.4 is 20.1 Å². The third-order valence-corrected chi connectivity index (χ3v) is 9.56. The smallest absolute Gasteiger partial charge is 0.259 e. The highest BCUT2D eigenvalue weighted by Gasteiger charge is 2.41. The summed E-state index contributed by atoms with van der Waals surface area (Å²) >= 11 is 0. The molecule has 2 aromatic heterocycles. The second-order valence-corrected chi connectivity index (χ2v) is 13.0. The Morgan fingerprint density at radius 3 is 2.61 bits per heavy atom. The van der Waals surface area contributed by atoms with Crippen LogP contribution in [0.2, 0.25) is 0 Å². The minimum absolute atomic E-state index is 0.0110. The van der Waals surface area contributed by atoms with Crippen LogP contribution in [0.25, 0.3) is 11.0 Å². The third-order valence-electron chi connectivity index (χ3n) is 9.56. The lowest BCUT2D eigenvalue weighted by molar-refractivity contribution is -0.138. The van der Waals surface area contributed by atoms with Crippen LogP contribution in [0.3, 0.4) is 0 Å². The molecule has 0 unspecified atom stereocenters. The average Bonchev–Trinajstić information content (AvgIpc) is 3.82. The Morgan fingerprint density at radius 2 is 1.80 bits per heavy atom. The number of fused-ring (bicyclic) bond motifs is 5. The van der Waals surface area contributed by atoms with E-state index in [1.165, 1.54) is 7.11 Å². The molecule has 0 radical (unpaired) electrons. The molecule has 4 aromatic rings. The van der Waals surface area contributed by atoms with Crippen molar-refractivity contribution in [3.8, 4) is 11.5 Å². The highest BCUT2D eigenvalue weighted by atomic mass is 16.5. The first-order chi connectivity index (χ1) is 24.7. The molecule has 51 heavy (non-hydrogen) atoms. The van der Waals surface area contributed by atoms with Crippen molar-refractivity contribution in [1.82, 2.24) is 35.1 Å². The van der Waals surface area contributed by atoms with Crippen LogP contribution in [0.5, 0.6) is 11.5 Å². The van der Waals surface area contributed by atoms with Gasteiger partial charge in [-0.2, -0.15) is 0 Å². The molecule has 2 atom stereocenters. The van der Waals surface area contributed by atoms with E-state index in [2.05, 4.69) is 20.8 Å². The number of carbonyl (C=O) groups excluding carboxylic acids is 4. The lowest BCUT2D eigenvalue weighted by atomic mass is 10.1. The normalized spacial score (nSPS) is 19.1. The van der Waals surface area contributed by atoms with E-state index in [0.717, 1.165) is 11.0 Å². The first-order valence-corrected chi connectivity index (χ1v) is 17.5. The monoisotopic (exact) mass is 699 g/mol. The summed E-state index contributed by atoms with van der Waals surface area (Å²) in [6.07, 6.45) is 2.04. The summed E-state index contributed by atoms with van der Waals surface area (Å²) in [7, 11) is 1.51. The zero-order chi connectivity index (χ0) is 36.1.